The monoisotopic (exact) mass is 439 g/mol. The molecule has 1 saturated carbocycles. The molecular weight excluding hydrogens is 406 g/mol. The van der Waals surface area contributed by atoms with Crippen molar-refractivity contribution in [2.75, 3.05) is 25.0 Å². The first-order valence-corrected chi connectivity index (χ1v) is 11.6. The predicted octanol–water partition coefficient (Wildman–Crippen LogP) is 4.04. The maximum absolute atomic E-state index is 12.9. The number of hydrogen-bond acceptors (Lipinski definition) is 5. The fourth-order valence-corrected chi connectivity index (χ4v) is 4.47. The predicted molar refractivity (Wildman–Crippen MR) is 122 cm³/mol. The molecule has 8 nitrogen and oxygen atoms in total. The number of nitrogens with one attached hydrogen (secondary N) is 1. The van der Waals surface area contributed by atoms with Crippen molar-refractivity contribution in [3.05, 3.63) is 41.0 Å². The topological polar surface area (TPSA) is 91.6 Å². The van der Waals surface area contributed by atoms with Crippen LogP contribution in [0.5, 0.6) is 0 Å². The van der Waals surface area contributed by atoms with Gasteiger partial charge in [0.05, 0.1) is 0 Å². The maximum atomic E-state index is 12.9. The van der Waals surface area contributed by atoms with E-state index < -0.39 is 0 Å². The highest BCUT2D eigenvalue weighted by Gasteiger charge is 2.30. The van der Waals surface area contributed by atoms with E-state index in [9.17, 15) is 9.59 Å². The summed E-state index contributed by atoms with van der Waals surface area (Å²) in [5, 5.41) is 7.15. The highest BCUT2D eigenvalue weighted by molar-refractivity contribution is 5.90. The van der Waals surface area contributed by atoms with Crippen molar-refractivity contribution in [2.45, 2.75) is 71.3 Å². The SMILES string of the molecule is CC(=O)N(CCc1noc(C2CCC2)n1)C1CCCN(C(=O)Nc2cc(C)ccc2C)C1. The lowest BCUT2D eigenvalue weighted by molar-refractivity contribution is -0.132. The summed E-state index contributed by atoms with van der Waals surface area (Å²) in [7, 11) is 0. The molecule has 2 aliphatic rings. The molecule has 2 aromatic rings. The molecule has 172 valence electrons. The van der Waals surface area contributed by atoms with Gasteiger partial charge in [0.15, 0.2) is 5.82 Å². The second-order valence-corrected chi connectivity index (χ2v) is 9.13. The summed E-state index contributed by atoms with van der Waals surface area (Å²) in [5.74, 6) is 1.79. The summed E-state index contributed by atoms with van der Waals surface area (Å²) in [4.78, 5) is 33.5. The molecule has 1 aliphatic heterocycles. The van der Waals surface area contributed by atoms with Crippen molar-refractivity contribution in [1.82, 2.24) is 19.9 Å². The van der Waals surface area contributed by atoms with Crippen LogP contribution in [0.3, 0.4) is 0 Å². The second kappa shape index (κ2) is 9.71. The van der Waals surface area contributed by atoms with Gasteiger partial charge in [0, 0.05) is 50.6 Å². The first kappa shape index (κ1) is 22.3. The third-order valence-corrected chi connectivity index (χ3v) is 6.68. The molecule has 1 aromatic carbocycles. The molecule has 0 radical (unpaired) electrons. The zero-order valence-electron chi connectivity index (χ0n) is 19.3. The van der Waals surface area contributed by atoms with Crippen molar-refractivity contribution in [1.29, 1.82) is 0 Å². The second-order valence-electron chi connectivity index (χ2n) is 9.13. The normalized spacial score (nSPS) is 18.8. The van der Waals surface area contributed by atoms with Crippen LogP contribution in [-0.4, -0.2) is 57.6 Å². The number of aromatic nitrogens is 2. The van der Waals surface area contributed by atoms with Gasteiger partial charge in [-0.2, -0.15) is 4.98 Å². The Bertz CT molecular complexity index is 968. The highest BCUT2D eigenvalue weighted by atomic mass is 16.5. The van der Waals surface area contributed by atoms with E-state index in [-0.39, 0.29) is 18.0 Å². The minimum Gasteiger partial charge on any atom is -0.339 e. The van der Waals surface area contributed by atoms with Crippen molar-refractivity contribution in [2.24, 2.45) is 0 Å². The largest absolute Gasteiger partial charge is 0.339 e. The molecule has 1 aromatic heterocycles. The molecule has 2 fully saturated rings. The third kappa shape index (κ3) is 5.11. The number of carbonyl (C=O) groups is 2. The molecule has 1 N–H and O–H groups in total. The summed E-state index contributed by atoms with van der Waals surface area (Å²) in [6.45, 7) is 7.32. The number of piperidine rings is 1. The number of nitrogens with zero attached hydrogens (tertiary/aromatic N) is 4. The molecule has 0 spiro atoms. The molecule has 8 heteroatoms. The molecule has 2 heterocycles. The Morgan fingerprint density at radius 1 is 1.22 bits per heavy atom. The Labute approximate surface area is 189 Å². The van der Waals surface area contributed by atoms with E-state index in [0.29, 0.717) is 37.8 Å². The minimum atomic E-state index is -0.116. The van der Waals surface area contributed by atoms with Gasteiger partial charge in [-0.05, 0) is 56.7 Å². The van der Waals surface area contributed by atoms with Crippen LogP contribution in [0, 0.1) is 13.8 Å². The van der Waals surface area contributed by atoms with E-state index in [1.165, 1.54) is 6.42 Å². The van der Waals surface area contributed by atoms with Gasteiger partial charge in [0.1, 0.15) is 0 Å². The molecular formula is C24H33N5O3. The van der Waals surface area contributed by atoms with E-state index in [4.69, 9.17) is 4.52 Å². The first-order chi connectivity index (χ1) is 15.4. The number of urea groups is 1. The molecule has 3 amide bonds. The Morgan fingerprint density at radius 3 is 2.75 bits per heavy atom. The van der Waals surface area contributed by atoms with Gasteiger partial charge in [0.2, 0.25) is 11.8 Å². The Morgan fingerprint density at radius 2 is 2.03 bits per heavy atom. The van der Waals surface area contributed by atoms with E-state index in [1.54, 1.807) is 6.92 Å². The average molecular weight is 440 g/mol. The van der Waals surface area contributed by atoms with E-state index in [1.807, 2.05) is 41.8 Å². The third-order valence-electron chi connectivity index (χ3n) is 6.68. The standard InChI is InChI=1S/C24H33N5O3/c1-16-9-10-17(2)21(14-16)25-24(31)28-12-5-8-20(15-28)29(18(3)30)13-11-22-26-23(32-27-22)19-6-4-7-19/h9-10,14,19-20H,4-8,11-13,15H2,1-3H3,(H,25,31). The van der Waals surface area contributed by atoms with Gasteiger partial charge in [0.25, 0.3) is 0 Å². The van der Waals surface area contributed by atoms with E-state index in [0.717, 1.165) is 48.4 Å². The number of anilines is 1. The van der Waals surface area contributed by atoms with Crippen LogP contribution in [0.15, 0.2) is 22.7 Å². The Balaban J connectivity index is 1.36. The van der Waals surface area contributed by atoms with Crippen LogP contribution in [0.1, 0.15) is 67.8 Å². The quantitative estimate of drug-likeness (QED) is 0.733. The van der Waals surface area contributed by atoms with Crippen molar-refractivity contribution in [3.8, 4) is 0 Å². The smallest absolute Gasteiger partial charge is 0.321 e. The first-order valence-electron chi connectivity index (χ1n) is 11.6. The summed E-state index contributed by atoms with van der Waals surface area (Å²) >= 11 is 0. The number of hydrogen-bond donors (Lipinski definition) is 1. The lowest BCUT2D eigenvalue weighted by Crippen LogP contribution is -2.52. The highest BCUT2D eigenvalue weighted by Crippen LogP contribution is 2.35. The zero-order chi connectivity index (χ0) is 22.7. The molecule has 1 saturated heterocycles. The number of amides is 3. The van der Waals surface area contributed by atoms with Crippen molar-refractivity contribution in [3.63, 3.8) is 0 Å². The van der Waals surface area contributed by atoms with Crippen LogP contribution >= 0.6 is 0 Å². The number of likely N-dealkylation sites (tertiary alicyclic amines) is 1. The van der Waals surface area contributed by atoms with Crippen molar-refractivity contribution >= 4 is 17.6 Å². The lowest BCUT2D eigenvalue weighted by Gasteiger charge is -2.39. The number of rotatable bonds is 6. The van der Waals surface area contributed by atoms with Crippen LogP contribution in [0.25, 0.3) is 0 Å². The fourth-order valence-electron chi connectivity index (χ4n) is 4.47. The van der Waals surface area contributed by atoms with Crippen LogP contribution < -0.4 is 5.32 Å². The summed E-state index contributed by atoms with van der Waals surface area (Å²) in [5.41, 5.74) is 2.97. The minimum absolute atomic E-state index is 0.00879. The summed E-state index contributed by atoms with van der Waals surface area (Å²) < 4.78 is 5.40. The van der Waals surface area contributed by atoms with Crippen LogP contribution in [0.2, 0.25) is 0 Å². The van der Waals surface area contributed by atoms with Gasteiger partial charge in [-0.1, -0.05) is 23.7 Å². The Hall–Kier alpha value is -2.90. The molecule has 1 atom stereocenters. The van der Waals surface area contributed by atoms with Gasteiger partial charge < -0.3 is 19.6 Å². The average Bonchev–Trinajstić information content (AvgIpc) is 3.17. The molecule has 32 heavy (non-hydrogen) atoms. The van der Waals surface area contributed by atoms with E-state index in [2.05, 4.69) is 15.5 Å². The number of aryl methyl sites for hydroxylation is 2. The molecule has 1 unspecified atom stereocenters. The molecule has 0 bridgehead atoms. The summed E-state index contributed by atoms with van der Waals surface area (Å²) in [6, 6.07) is 5.90. The number of carbonyl (C=O) groups excluding carboxylic acids is 2. The molecule has 1 aliphatic carbocycles. The van der Waals surface area contributed by atoms with Crippen molar-refractivity contribution < 1.29 is 14.1 Å². The molecule has 4 rings (SSSR count). The lowest BCUT2D eigenvalue weighted by atomic mass is 9.85. The van der Waals surface area contributed by atoms with Gasteiger partial charge >= 0.3 is 6.03 Å². The van der Waals surface area contributed by atoms with E-state index >= 15 is 0 Å². The van der Waals surface area contributed by atoms with Gasteiger partial charge in [-0.3, -0.25) is 4.79 Å². The number of benzene rings is 1. The fraction of sp³-hybridized carbons (Fsp3) is 0.583. The summed E-state index contributed by atoms with van der Waals surface area (Å²) in [6.07, 6.45) is 5.75. The van der Waals surface area contributed by atoms with Gasteiger partial charge in [-0.15, -0.1) is 0 Å². The van der Waals surface area contributed by atoms with Gasteiger partial charge in [-0.25, -0.2) is 4.79 Å². The van der Waals surface area contributed by atoms with Crippen LogP contribution in [0.4, 0.5) is 10.5 Å². The Kier molecular flexibility index (Phi) is 6.77. The zero-order valence-corrected chi connectivity index (χ0v) is 19.3. The maximum Gasteiger partial charge on any atom is 0.321 e. The van der Waals surface area contributed by atoms with Crippen LogP contribution in [-0.2, 0) is 11.2 Å².